The van der Waals surface area contributed by atoms with E-state index in [2.05, 4.69) is 20.4 Å². The van der Waals surface area contributed by atoms with Crippen LogP contribution in [-0.2, 0) is 17.6 Å². The number of methoxy groups -OCH3 is 1. The van der Waals surface area contributed by atoms with Crippen molar-refractivity contribution in [1.82, 2.24) is 20.4 Å². The molecule has 0 fully saturated rings. The lowest BCUT2D eigenvalue weighted by Gasteiger charge is -2.27. The van der Waals surface area contributed by atoms with E-state index in [0.717, 1.165) is 42.8 Å². The molecule has 6 nitrogen and oxygen atoms in total. The Bertz CT molecular complexity index is 708. The van der Waals surface area contributed by atoms with Crippen LogP contribution in [0.1, 0.15) is 29.3 Å². The number of ether oxygens (including phenoxy) is 1. The number of aryl methyl sites for hydroxylation is 1. The van der Waals surface area contributed by atoms with E-state index in [-0.39, 0.29) is 17.9 Å². The first-order valence-corrected chi connectivity index (χ1v) is 8.67. The lowest BCUT2D eigenvalue weighted by atomic mass is 9.87. The zero-order valence-corrected chi connectivity index (χ0v) is 15.1. The van der Waals surface area contributed by atoms with Crippen LogP contribution in [0.25, 0.3) is 0 Å². The van der Waals surface area contributed by atoms with E-state index in [9.17, 15) is 4.79 Å². The first-order chi connectivity index (χ1) is 12.1. The molecule has 0 saturated carbocycles. The summed E-state index contributed by atoms with van der Waals surface area (Å²) in [5, 5.41) is 10.3. The third-order valence-corrected chi connectivity index (χ3v) is 4.77. The van der Waals surface area contributed by atoms with E-state index < -0.39 is 0 Å². The summed E-state index contributed by atoms with van der Waals surface area (Å²) in [5.74, 6) is 0.927. The fourth-order valence-corrected chi connectivity index (χ4v) is 3.36. The molecule has 1 aromatic carbocycles. The summed E-state index contributed by atoms with van der Waals surface area (Å²) in [5.41, 5.74) is 3.42. The summed E-state index contributed by atoms with van der Waals surface area (Å²) in [4.78, 5) is 14.9. The Hall–Kier alpha value is -2.34. The standard InChI is InChI=1S/C19H26N4O2/c1-23(2)12-18(13-6-8-16(25-3)9-7-13)21-19(24)14-4-5-15-11-20-22-17(15)10-14/h6-9,11,14,18H,4-5,10,12H2,1-3H3,(H,20,22)(H,21,24)/t14-,18-/m0/s1. The van der Waals surface area contributed by atoms with Gasteiger partial charge in [-0.15, -0.1) is 0 Å². The zero-order chi connectivity index (χ0) is 17.8. The third-order valence-electron chi connectivity index (χ3n) is 4.77. The maximum absolute atomic E-state index is 12.8. The molecule has 25 heavy (non-hydrogen) atoms. The molecule has 1 amide bonds. The van der Waals surface area contributed by atoms with Crippen molar-refractivity contribution in [2.24, 2.45) is 5.92 Å². The number of rotatable bonds is 6. The summed E-state index contributed by atoms with van der Waals surface area (Å²) < 4.78 is 5.22. The molecular formula is C19H26N4O2. The van der Waals surface area contributed by atoms with Gasteiger partial charge in [0, 0.05) is 24.6 Å². The second-order valence-electron chi connectivity index (χ2n) is 6.91. The first kappa shape index (κ1) is 17.5. The lowest BCUT2D eigenvalue weighted by Crippen LogP contribution is -2.40. The van der Waals surface area contributed by atoms with E-state index in [0.29, 0.717) is 0 Å². The molecule has 2 atom stereocenters. The average molecular weight is 342 g/mol. The van der Waals surface area contributed by atoms with Crippen LogP contribution in [0.4, 0.5) is 0 Å². The summed E-state index contributed by atoms with van der Waals surface area (Å²) >= 11 is 0. The highest BCUT2D eigenvalue weighted by Gasteiger charge is 2.27. The zero-order valence-electron chi connectivity index (χ0n) is 15.1. The fraction of sp³-hybridized carbons (Fsp3) is 0.474. The molecule has 134 valence electrons. The van der Waals surface area contributed by atoms with E-state index in [4.69, 9.17) is 4.74 Å². The van der Waals surface area contributed by atoms with Crippen molar-refractivity contribution in [2.75, 3.05) is 27.7 Å². The Labute approximate surface area is 148 Å². The van der Waals surface area contributed by atoms with Gasteiger partial charge in [0.25, 0.3) is 0 Å². The maximum Gasteiger partial charge on any atom is 0.224 e. The Morgan fingerprint density at radius 2 is 2.16 bits per heavy atom. The summed E-state index contributed by atoms with van der Waals surface area (Å²) in [6.45, 7) is 0.750. The number of hydrogen-bond acceptors (Lipinski definition) is 4. The third kappa shape index (κ3) is 4.20. The molecule has 0 unspecified atom stereocenters. The van der Waals surface area contributed by atoms with Crippen LogP contribution in [-0.4, -0.2) is 48.8 Å². The van der Waals surface area contributed by atoms with Crippen molar-refractivity contribution < 1.29 is 9.53 Å². The smallest absolute Gasteiger partial charge is 0.224 e. The summed E-state index contributed by atoms with van der Waals surface area (Å²) in [6, 6.07) is 7.85. The highest BCUT2D eigenvalue weighted by molar-refractivity contribution is 5.79. The number of carbonyl (C=O) groups excluding carboxylic acids is 1. The molecule has 0 radical (unpaired) electrons. The summed E-state index contributed by atoms with van der Waals surface area (Å²) in [6.07, 6.45) is 4.38. The van der Waals surface area contributed by atoms with Crippen LogP contribution in [0.3, 0.4) is 0 Å². The van der Waals surface area contributed by atoms with Crippen molar-refractivity contribution in [3.05, 3.63) is 47.3 Å². The fourth-order valence-electron chi connectivity index (χ4n) is 3.36. The minimum absolute atomic E-state index is 0.00383. The molecule has 1 aromatic heterocycles. The molecule has 2 N–H and O–H groups in total. The number of amides is 1. The Balaban J connectivity index is 1.70. The van der Waals surface area contributed by atoms with Crippen LogP contribution in [0.5, 0.6) is 5.75 Å². The molecule has 0 spiro atoms. The number of aromatic nitrogens is 2. The molecule has 1 aliphatic carbocycles. The van der Waals surface area contributed by atoms with E-state index in [1.54, 1.807) is 7.11 Å². The van der Waals surface area contributed by atoms with Gasteiger partial charge in [-0.25, -0.2) is 0 Å². The Kier molecular flexibility index (Phi) is 5.38. The number of benzene rings is 1. The molecule has 6 heteroatoms. The van der Waals surface area contributed by atoms with Crippen molar-refractivity contribution in [1.29, 1.82) is 0 Å². The van der Waals surface area contributed by atoms with Gasteiger partial charge in [-0.3, -0.25) is 9.89 Å². The lowest BCUT2D eigenvalue weighted by molar-refractivity contribution is -0.126. The number of nitrogens with one attached hydrogen (secondary N) is 2. The van der Waals surface area contributed by atoms with Crippen molar-refractivity contribution >= 4 is 5.91 Å². The number of aromatic amines is 1. The molecule has 3 rings (SSSR count). The minimum atomic E-state index is -0.0448. The molecule has 2 aromatic rings. The van der Waals surface area contributed by atoms with Crippen LogP contribution >= 0.6 is 0 Å². The maximum atomic E-state index is 12.8. The normalized spacial score (nSPS) is 17.8. The largest absolute Gasteiger partial charge is 0.497 e. The van der Waals surface area contributed by atoms with Gasteiger partial charge in [-0.1, -0.05) is 12.1 Å². The van der Waals surface area contributed by atoms with Crippen LogP contribution in [0.15, 0.2) is 30.5 Å². The van der Waals surface area contributed by atoms with Crippen molar-refractivity contribution in [3.63, 3.8) is 0 Å². The quantitative estimate of drug-likeness (QED) is 0.842. The van der Waals surface area contributed by atoms with Gasteiger partial charge in [-0.05, 0) is 50.2 Å². The Morgan fingerprint density at radius 3 is 2.84 bits per heavy atom. The van der Waals surface area contributed by atoms with Crippen molar-refractivity contribution in [2.45, 2.75) is 25.3 Å². The van der Waals surface area contributed by atoms with E-state index in [1.165, 1.54) is 5.56 Å². The monoisotopic (exact) mass is 342 g/mol. The van der Waals surface area contributed by atoms with Gasteiger partial charge < -0.3 is 15.0 Å². The van der Waals surface area contributed by atoms with Crippen LogP contribution in [0, 0.1) is 5.92 Å². The second-order valence-corrected chi connectivity index (χ2v) is 6.91. The SMILES string of the molecule is COc1ccc([C@H](CN(C)C)NC(=O)[C@H]2CCc3cn[nH]c3C2)cc1. The molecule has 1 heterocycles. The number of fused-ring (bicyclic) bond motifs is 1. The van der Waals surface area contributed by atoms with Crippen LogP contribution < -0.4 is 10.1 Å². The highest BCUT2D eigenvalue weighted by Crippen LogP contribution is 2.25. The van der Waals surface area contributed by atoms with Gasteiger partial charge in [0.05, 0.1) is 19.3 Å². The minimum Gasteiger partial charge on any atom is -0.497 e. The van der Waals surface area contributed by atoms with Crippen LogP contribution in [0.2, 0.25) is 0 Å². The first-order valence-electron chi connectivity index (χ1n) is 8.67. The number of H-pyrrole nitrogens is 1. The topological polar surface area (TPSA) is 70.2 Å². The number of carbonyl (C=O) groups is 1. The molecule has 0 bridgehead atoms. The molecule has 0 aliphatic heterocycles. The summed E-state index contributed by atoms with van der Waals surface area (Å²) in [7, 11) is 5.68. The van der Waals surface area contributed by atoms with Gasteiger partial charge in [-0.2, -0.15) is 5.10 Å². The number of nitrogens with zero attached hydrogens (tertiary/aromatic N) is 2. The average Bonchev–Trinajstić information content (AvgIpc) is 3.08. The van der Waals surface area contributed by atoms with E-state index >= 15 is 0 Å². The number of likely N-dealkylation sites (N-methyl/N-ethyl adjacent to an activating group) is 1. The highest BCUT2D eigenvalue weighted by atomic mass is 16.5. The second kappa shape index (κ2) is 7.70. The van der Waals surface area contributed by atoms with Gasteiger partial charge in [0.15, 0.2) is 0 Å². The number of hydrogen-bond donors (Lipinski definition) is 2. The molecule has 1 aliphatic rings. The predicted octanol–water partition coefficient (Wildman–Crippen LogP) is 1.94. The molecular weight excluding hydrogens is 316 g/mol. The Morgan fingerprint density at radius 1 is 1.40 bits per heavy atom. The predicted molar refractivity (Wildman–Crippen MR) is 96.5 cm³/mol. The van der Waals surface area contributed by atoms with Gasteiger partial charge >= 0.3 is 0 Å². The van der Waals surface area contributed by atoms with Crippen molar-refractivity contribution in [3.8, 4) is 5.75 Å². The molecule has 0 saturated heterocycles. The van der Waals surface area contributed by atoms with Gasteiger partial charge in [0.2, 0.25) is 5.91 Å². The van der Waals surface area contributed by atoms with E-state index in [1.807, 2.05) is 44.6 Å². The van der Waals surface area contributed by atoms with Gasteiger partial charge in [0.1, 0.15) is 5.75 Å².